The van der Waals surface area contributed by atoms with Gasteiger partial charge in [-0.15, -0.1) is 0 Å². The van der Waals surface area contributed by atoms with Crippen molar-refractivity contribution in [2.24, 2.45) is 5.92 Å². The van der Waals surface area contributed by atoms with Gasteiger partial charge in [-0.1, -0.05) is 32.0 Å². The summed E-state index contributed by atoms with van der Waals surface area (Å²) >= 11 is 0. The third-order valence-corrected chi connectivity index (χ3v) is 2.87. The highest BCUT2D eigenvalue weighted by molar-refractivity contribution is 5.32. The molecule has 0 aromatic heterocycles. The van der Waals surface area contributed by atoms with Crippen LogP contribution in [0, 0.1) is 12.8 Å². The van der Waals surface area contributed by atoms with Crippen molar-refractivity contribution in [3.8, 4) is 0 Å². The standard InChI is InChI=1S/C16H26O2/c1-6-17-16(18-7-2)15-9-8-14(10-12(3)4)11-13(15)5/h8-9,11-12,16H,6-7,10H2,1-5H3. The fourth-order valence-corrected chi connectivity index (χ4v) is 2.13. The van der Waals surface area contributed by atoms with Crippen molar-refractivity contribution >= 4 is 0 Å². The zero-order valence-corrected chi connectivity index (χ0v) is 12.3. The van der Waals surface area contributed by atoms with Crippen LogP contribution in [-0.4, -0.2) is 13.2 Å². The Bertz CT molecular complexity index is 352. The summed E-state index contributed by atoms with van der Waals surface area (Å²) in [6.07, 6.45) is 0.891. The summed E-state index contributed by atoms with van der Waals surface area (Å²) in [4.78, 5) is 0. The van der Waals surface area contributed by atoms with Crippen LogP contribution in [0.2, 0.25) is 0 Å². The monoisotopic (exact) mass is 250 g/mol. The molecule has 0 aliphatic rings. The summed E-state index contributed by atoms with van der Waals surface area (Å²) < 4.78 is 11.3. The molecule has 1 aromatic rings. The highest BCUT2D eigenvalue weighted by Gasteiger charge is 2.14. The molecule has 0 saturated heterocycles. The predicted molar refractivity (Wildman–Crippen MR) is 75.7 cm³/mol. The fourth-order valence-electron chi connectivity index (χ4n) is 2.13. The Morgan fingerprint density at radius 2 is 1.67 bits per heavy atom. The molecule has 1 aromatic carbocycles. The molecule has 0 amide bonds. The lowest BCUT2D eigenvalue weighted by Gasteiger charge is -2.20. The predicted octanol–water partition coefficient (Wildman–Crippen LogP) is 4.27. The van der Waals surface area contributed by atoms with Crippen LogP contribution in [0.15, 0.2) is 18.2 Å². The number of aryl methyl sites for hydroxylation is 1. The molecule has 0 heterocycles. The lowest BCUT2D eigenvalue weighted by atomic mass is 9.98. The molecule has 2 nitrogen and oxygen atoms in total. The van der Waals surface area contributed by atoms with E-state index in [-0.39, 0.29) is 6.29 Å². The van der Waals surface area contributed by atoms with Gasteiger partial charge in [-0.25, -0.2) is 0 Å². The molecule has 18 heavy (non-hydrogen) atoms. The Balaban J connectivity index is 2.88. The molecule has 0 spiro atoms. The maximum Gasteiger partial charge on any atom is 0.184 e. The van der Waals surface area contributed by atoms with Gasteiger partial charge >= 0.3 is 0 Å². The second-order valence-electron chi connectivity index (χ2n) is 5.03. The summed E-state index contributed by atoms with van der Waals surface area (Å²) in [7, 11) is 0. The number of hydrogen-bond donors (Lipinski definition) is 0. The van der Waals surface area contributed by atoms with Gasteiger partial charge in [0.25, 0.3) is 0 Å². The van der Waals surface area contributed by atoms with Crippen LogP contribution in [0.4, 0.5) is 0 Å². The van der Waals surface area contributed by atoms with E-state index in [2.05, 4.69) is 39.0 Å². The van der Waals surface area contributed by atoms with Crippen molar-refractivity contribution in [2.45, 2.75) is 47.3 Å². The molecule has 1 rings (SSSR count). The van der Waals surface area contributed by atoms with E-state index < -0.39 is 0 Å². The lowest BCUT2D eigenvalue weighted by molar-refractivity contribution is -0.140. The number of hydrogen-bond acceptors (Lipinski definition) is 2. The van der Waals surface area contributed by atoms with Crippen LogP contribution < -0.4 is 0 Å². The molecule has 0 fully saturated rings. The van der Waals surface area contributed by atoms with Crippen LogP contribution in [0.5, 0.6) is 0 Å². The SMILES string of the molecule is CCOC(OCC)c1ccc(CC(C)C)cc1C. The van der Waals surface area contributed by atoms with Gasteiger partial charge in [0.05, 0.1) is 0 Å². The first kappa shape index (κ1) is 15.2. The Morgan fingerprint density at radius 1 is 1.06 bits per heavy atom. The Morgan fingerprint density at radius 3 is 2.11 bits per heavy atom. The van der Waals surface area contributed by atoms with Crippen molar-refractivity contribution < 1.29 is 9.47 Å². The first-order valence-corrected chi connectivity index (χ1v) is 6.91. The minimum Gasteiger partial charge on any atom is -0.349 e. The maximum absolute atomic E-state index is 5.65. The minimum atomic E-state index is -0.229. The van der Waals surface area contributed by atoms with Crippen molar-refractivity contribution in [3.05, 3.63) is 34.9 Å². The van der Waals surface area contributed by atoms with Crippen molar-refractivity contribution in [1.82, 2.24) is 0 Å². The summed E-state index contributed by atoms with van der Waals surface area (Å²) in [6.45, 7) is 11.9. The van der Waals surface area contributed by atoms with E-state index in [0.29, 0.717) is 19.1 Å². The van der Waals surface area contributed by atoms with Crippen molar-refractivity contribution in [2.75, 3.05) is 13.2 Å². The topological polar surface area (TPSA) is 18.5 Å². The van der Waals surface area contributed by atoms with Gasteiger partial charge < -0.3 is 9.47 Å². The van der Waals surface area contributed by atoms with Crippen LogP contribution >= 0.6 is 0 Å². The van der Waals surface area contributed by atoms with Crippen LogP contribution in [-0.2, 0) is 15.9 Å². The minimum absolute atomic E-state index is 0.229. The second kappa shape index (κ2) is 7.55. The van der Waals surface area contributed by atoms with Gasteiger partial charge in [-0.2, -0.15) is 0 Å². The van der Waals surface area contributed by atoms with Crippen LogP contribution in [0.3, 0.4) is 0 Å². The highest BCUT2D eigenvalue weighted by atomic mass is 16.7. The molecule has 2 heteroatoms. The summed E-state index contributed by atoms with van der Waals surface area (Å²) in [5.74, 6) is 0.685. The third-order valence-electron chi connectivity index (χ3n) is 2.87. The van der Waals surface area contributed by atoms with E-state index in [1.54, 1.807) is 0 Å². The maximum atomic E-state index is 5.65. The Kier molecular flexibility index (Phi) is 6.37. The van der Waals surface area contributed by atoms with E-state index in [9.17, 15) is 0 Å². The van der Waals surface area contributed by atoms with E-state index in [1.807, 2.05) is 13.8 Å². The van der Waals surface area contributed by atoms with Crippen molar-refractivity contribution in [3.63, 3.8) is 0 Å². The molecule has 0 aliphatic carbocycles. The lowest BCUT2D eigenvalue weighted by Crippen LogP contribution is -2.10. The number of benzene rings is 1. The van der Waals surface area contributed by atoms with E-state index in [0.717, 1.165) is 12.0 Å². The quantitative estimate of drug-likeness (QED) is 0.673. The number of rotatable bonds is 7. The molecule has 0 radical (unpaired) electrons. The second-order valence-corrected chi connectivity index (χ2v) is 5.03. The summed E-state index contributed by atoms with van der Waals surface area (Å²) in [5, 5.41) is 0. The molecule has 102 valence electrons. The van der Waals surface area contributed by atoms with E-state index >= 15 is 0 Å². The van der Waals surface area contributed by atoms with Gasteiger partial charge in [-0.3, -0.25) is 0 Å². The molecule has 0 atom stereocenters. The first-order chi connectivity index (χ1) is 8.58. The molecular weight excluding hydrogens is 224 g/mol. The largest absolute Gasteiger partial charge is 0.349 e. The Labute approximate surface area is 111 Å². The highest BCUT2D eigenvalue weighted by Crippen LogP contribution is 2.24. The molecule has 0 aliphatic heterocycles. The molecule has 0 unspecified atom stereocenters. The summed E-state index contributed by atoms with van der Waals surface area (Å²) in [6, 6.07) is 6.58. The fraction of sp³-hybridized carbons (Fsp3) is 0.625. The normalized spacial score (nSPS) is 11.5. The Hall–Kier alpha value is -0.860. The number of ether oxygens (including phenoxy) is 2. The average molecular weight is 250 g/mol. The molecular formula is C16H26O2. The average Bonchev–Trinajstić information content (AvgIpc) is 2.28. The molecule has 0 N–H and O–H groups in total. The van der Waals surface area contributed by atoms with Gasteiger partial charge in [0.2, 0.25) is 0 Å². The van der Waals surface area contributed by atoms with Crippen LogP contribution in [0.25, 0.3) is 0 Å². The first-order valence-electron chi connectivity index (χ1n) is 6.91. The third kappa shape index (κ3) is 4.43. The van der Waals surface area contributed by atoms with Gasteiger partial charge in [-0.05, 0) is 44.2 Å². The summed E-state index contributed by atoms with van der Waals surface area (Å²) in [5.41, 5.74) is 3.78. The van der Waals surface area contributed by atoms with E-state index in [1.165, 1.54) is 11.1 Å². The van der Waals surface area contributed by atoms with Gasteiger partial charge in [0.15, 0.2) is 6.29 Å². The van der Waals surface area contributed by atoms with Crippen LogP contribution in [0.1, 0.15) is 50.7 Å². The molecule has 0 saturated carbocycles. The zero-order valence-electron chi connectivity index (χ0n) is 12.3. The van der Waals surface area contributed by atoms with E-state index in [4.69, 9.17) is 9.47 Å². The van der Waals surface area contributed by atoms with Crippen molar-refractivity contribution in [1.29, 1.82) is 0 Å². The molecule has 0 bridgehead atoms. The zero-order chi connectivity index (χ0) is 13.5. The van der Waals surface area contributed by atoms with Gasteiger partial charge in [0.1, 0.15) is 0 Å². The smallest absolute Gasteiger partial charge is 0.184 e. The van der Waals surface area contributed by atoms with Gasteiger partial charge in [0, 0.05) is 18.8 Å².